The topological polar surface area (TPSA) is 61.6 Å². The molecule has 3 aromatic rings. The molecule has 1 heterocycles. The number of aromatic nitrogens is 1. The third-order valence-corrected chi connectivity index (χ3v) is 6.15. The lowest BCUT2D eigenvalue weighted by molar-refractivity contribution is -0.143. The Balaban J connectivity index is 1.34. The zero-order valence-corrected chi connectivity index (χ0v) is 19.4. The molecule has 1 aliphatic rings. The molecule has 0 saturated carbocycles. The van der Waals surface area contributed by atoms with E-state index in [0.29, 0.717) is 31.9 Å². The molecular formula is C25H26BrNO4. The minimum atomic E-state index is -0.119. The summed E-state index contributed by atoms with van der Waals surface area (Å²) in [6.45, 7) is 4.73. The molecule has 0 fully saturated rings. The van der Waals surface area contributed by atoms with Gasteiger partial charge in [-0.15, -0.1) is 0 Å². The van der Waals surface area contributed by atoms with Crippen LogP contribution in [0.3, 0.4) is 0 Å². The highest BCUT2D eigenvalue weighted by atomic mass is 79.9. The van der Waals surface area contributed by atoms with Gasteiger partial charge in [0.05, 0.1) is 25.3 Å². The molecule has 0 spiro atoms. The summed E-state index contributed by atoms with van der Waals surface area (Å²) in [5, 5.41) is 0. The molecule has 5 nitrogen and oxygen atoms in total. The van der Waals surface area contributed by atoms with E-state index in [4.69, 9.17) is 13.9 Å². The van der Waals surface area contributed by atoms with Crippen molar-refractivity contribution in [2.75, 3.05) is 13.2 Å². The maximum absolute atomic E-state index is 11.8. The number of halogens is 1. The third-order valence-electron chi connectivity index (χ3n) is 5.63. The number of fused-ring (bicyclic) bond motifs is 1. The first-order valence-electron chi connectivity index (χ1n) is 10.7. The van der Waals surface area contributed by atoms with Gasteiger partial charge in [0.15, 0.2) is 0 Å². The molecule has 1 atom stereocenters. The van der Waals surface area contributed by atoms with Crippen LogP contribution < -0.4 is 4.74 Å². The Morgan fingerprint density at radius 3 is 2.81 bits per heavy atom. The van der Waals surface area contributed by atoms with E-state index in [-0.39, 0.29) is 11.9 Å². The molecule has 4 rings (SSSR count). The second-order valence-electron chi connectivity index (χ2n) is 7.73. The van der Waals surface area contributed by atoms with Crippen LogP contribution in [0.15, 0.2) is 51.4 Å². The number of aryl methyl sites for hydroxylation is 2. The minimum absolute atomic E-state index is 0.119. The van der Waals surface area contributed by atoms with Gasteiger partial charge in [-0.05, 0) is 80.1 Å². The maximum atomic E-state index is 11.8. The van der Waals surface area contributed by atoms with E-state index in [2.05, 4.69) is 33.0 Å². The number of rotatable bonds is 8. The number of oxazole rings is 1. The van der Waals surface area contributed by atoms with Crippen molar-refractivity contribution in [2.45, 2.75) is 45.4 Å². The molecule has 1 aromatic heterocycles. The number of ether oxygens (including phenoxy) is 2. The molecule has 2 aromatic carbocycles. The number of benzene rings is 2. The van der Waals surface area contributed by atoms with Crippen molar-refractivity contribution < 1.29 is 18.7 Å². The second-order valence-corrected chi connectivity index (χ2v) is 8.65. The van der Waals surface area contributed by atoms with Crippen LogP contribution in [-0.4, -0.2) is 24.2 Å². The molecule has 0 aliphatic heterocycles. The number of hydrogen-bond donors (Lipinski definition) is 0. The Kier molecular flexibility index (Phi) is 6.76. The van der Waals surface area contributed by atoms with Gasteiger partial charge in [-0.1, -0.05) is 22.0 Å². The molecule has 1 aliphatic carbocycles. The molecule has 0 amide bonds. The number of carbonyl (C=O) groups is 1. The van der Waals surface area contributed by atoms with Crippen LogP contribution in [0.2, 0.25) is 0 Å². The smallest absolute Gasteiger partial charge is 0.306 e. The Hall–Kier alpha value is -2.60. The van der Waals surface area contributed by atoms with Gasteiger partial charge >= 0.3 is 5.97 Å². The Bertz CT molecular complexity index is 1060. The molecular weight excluding hydrogens is 458 g/mol. The van der Waals surface area contributed by atoms with E-state index in [1.807, 2.05) is 44.2 Å². The Labute approximate surface area is 190 Å². The van der Waals surface area contributed by atoms with E-state index in [1.54, 1.807) is 0 Å². The lowest BCUT2D eigenvalue weighted by atomic mass is 9.98. The van der Waals surface area contributed by atoms with Gasteiger partial charge in [0.2, 0.25) is 5.89 Å². The molecule has 1 unspecified atom stereocenters. The zero-order valence-electron chi connectivity index (χ0n) is 17.8. The standard InChI is InChI=1S/C25H26BrNO4/c1-3-29-24(28)15-19-5-4-18-14-21(10-11-22(18)19)30-13-12-23-16(2)31-25(27-23)17-6-8-20(26)9-7-17/h6-11,14,19H,3-5,12-13,15H2,1-2H3. The molecule has 6 heteroatoms. The summed E-state index contributed by atoms with van der Waals surface area (Å²) in [6.07, 6.45) is 3.08. The maximum Gasteiger partial charge on any atom is 0.306 e. The fraction of sp³-hybridized carbons (Fsp3) is 0.360. The quantitative estimate of drug-likeness (QED) is 0.366. The van der Waals surface area contributed by atoms with Crippen molar-refractivity contribution in [1.29, 1.82) is 0 Å². The normalized spacial score (nSPS) is 15.0. The van der Waals surface area contributed by atoms with E-state index in [9.17, 15) is 4.79 Å². The van der Waals surface area contributed by atoms with Gasteiger partial charge in [0.25, 0.3) is 0 Å². The average molecular weight is 484 g/mol. The summed E-state index contributed by atoms with van der Waals surface area (Å²) >= 11 is 3.44. The van der Waals surface area contributed by atoms with Crippen LogP contribution in [0.25, 0.3) is 11.5 Å². The summed E-state index contributed by atoms with van der Waals surface area (Å²) in [7, 11) is 0. The summed E-state index contributed by atoms with van der Waals surface area (Å²) < 4.78 is 18.0. The zero-order chi connectivity index (χ0) is 21.8. The molecule has 0 N–H and O–H groups in total. The first kappa shape index (κ1) is 21.6. The van der Waals surface area contributed by atoms with Crippen molar-refractivity contribution in [3.05, 3.63) is 69.5 Å². The minimum Gasteiger partial charge on any atom is -0.493 e. The highest BCUT2D eigenvalue weighted by Crippen LogP contribution is 2.37. The number of carbonyl (C=O) groups excluding carboxylic acids is 1. The van der Waals surface area contributed by atoms with Crippen LogP contribution >= 0.6 is 15.9 Å². The van der Waals surface area contributed by atoms with Gasteiger partial charge in [0.1, 0.15) is 11.5 Å². The molecule has 31 heavy (non-hydrogen) atoms. The van der Waals surface area contributed by atoms with Crippen molar-refractivity contribution in [3.8, 4) is 17.2 Å². The lowest BCUT2D eigenvalue weighted by Gasteiger charge is -2.12. The molecule has 0 radical (unpaired) electrons. The fourth-order valence-corrected chi connectivity index (χ4v) is 4.31. The summed E-state index contributed by atoms with van der Waals surface area (Å²) in [6, 6.07) is 14.1. The highest BCUT2D eigenvalue weighted by molar-refractivity contribution is 9.10. The van der Waals surface area contributed by atoms with E-state index in [1.165, 1.54) is 11.1 Å². The fourth-order valence-electron chi connectivity index (χ4n) is 4.05. The summed E-state index contributed by atoms with van der Waals surface area (Å²) in [4.78, 5) is 16.5. The lowest BCUT2D eigenvalue weighted by Crippen LogP contribution is -2.08. The van der Waals surface area contributed by atoms with Crippen LogP contribution in [-0.2, 0) is 22.4 Å². The van der Waals surface area contributed by atoms with E-state index in [0.717, 1.165) is 40.1 Å². The predicted octanol–water partition coefficient (Wildman–Crippen LogP) is 6.02. The predicted molar refractivity (Wildman–Crippen MR) is 122 cm³/mol. The molecule has 0 saturated heterocycles. The van der Waals surface area contributed by atoms with Crippen LogP contribution in [0.5, 0.6) is 5.75 Å². The largest absolute Gasteiger partial charge is 0.493 e. The van der Waals surface area contributed by atoms with Gasteiger partial charge in [0, 0.05) is 16.5 Å². The van der Waals surface area contributed by atoms with E-state index >= 15 is 0 Å². The van der Waals surface area contributed by atoms with Crippen molar-refractivity contribution in [3.63, 3.8) is 0 Å². The van der Waals surface area contributed by atoms with Crippen LogP contribution in [0.4, 0.5) is 0 Å². The van der Waals surface area contributed by atoms with Crippen LogP contribution in [0, 0.1) is 6.92 Å². The highest BCUT2D eigenvalue weighted by Gasteiger charge is 2.25. The van der Waals surface area contributed by atoms with Crippen molar-refractivity contribution >= 4 is 21.9 Å². The SMILES string of the molecule is CCOC(=O)CC1CCc2cc(OCCc3nc(-c4ccc(Br)cc4)oc3C)ccc21. The Morgan fingerprint density at radius 1 is 1.23 bits per heavy atom. The monoisotopic (exact) mass is 483 g/mol. The van der Waals surface area contributed by atoms with Gasteiger partial charge in [-0.2, -0.15) is 0 Å². The van der Waals surface area contributed by atoms with Crippen LogP contribution in [0.1, 0.15) is 48.3 Å². The second kappa shape index (κ2) is 9.69. The first-order chi connectivity index (χ1) is 15.0. The number of hydrogen-bond acceptors (Lipinski definition) is 5. The van der Waals surface area contributed by atoms with Gasteiger partial charge in [-0.25, -0.2) is 4.98 Å². The summed E-state index contributed by atoms with van der Waals surface area (Å²) in [5.41, 5.74) is 4.37. The number of nitrogens with zero attached hydrogens (tertiary/aromatic N) is 1. The first-order valence-corrected chi connectivity index (χ1v) is 11.5. The summed E-state index contributed by atoms with van der Waals surface area (Å²) in [5.74, 6) is 2.43. The van der Waals surface area contributed by atoms with E-state index < -0.39 is 0 Å². The third kappa shape index (κ3) is 5.18. The Morgan fingerprint density at radius 2 is 2.03 bits per heavy atom. The van der Waals surface area contributed by atoms with Gasteiger partial charge < -0.3 is 13.9 Å². The van der Waals surface area contributed by atoms with Crippen molar-refractivity contribution in [1.82, 2.24) is 4.98 Å². The van der Waals surface area contributed by atoms with Gasteiger partial charge in [-0.3, -0.25) is 4.79 Å². The number of esters is 1. The molecule has 162 valence electrons. The van der Waals surface area contributed by atoms with Crippen molar-refractivity contribution in [2.24, 2.45) is 0 Å². The average Bonchev–Trinajstić information content (AvgIpc) is 3.32. The molecule has 0 bridgehead atoms.